The van der Waals surface area contributed by atoms with Crippen molar-refractivity contribution in [2.45, 2.75) is 32.4 Å². The number of hydrogen-bond acceptors (Lipinski definition) is 3. The van der Waals surface area contributed by atoms with Gasteiger partial charge in [0.05, 0.1) is 5.60 Å². The molecule has 0 radical (unpaired) electrons. The lowest BCUT2D eigenvalue weighted by Crippen LogP contribution is -2.38. The number of hydrogen-bond donors (Lipinski definition) is 1. The van der Waals surface area contributed by atoms with E-state index in [-0.39, 0.29) is 0 Å². The summed E-state index contributed by atoms with van der Waals surface area (Å²) in [7, 11) is 2.01. The molecule has 0 amide bonds. The highest BCUT2D eigenvalue weighted by molar-refractivity contribution is 5.08. The first-order chi connectivity index (χ1) is 7.03. The summed E-state index contributed by atoms with van der Waals surface area (Å²) < 4.78 is 0. The van der Waals surface area contributed by atoms with Gasteiger partial charge in [-0.2, -0.15) is 0 Å². The van der Waals surface area contributed by atoms with Crippen LogP contribution in [0.15, 0.2) is 24.5 Å². The van der Waals surface area contributed by atoms with Crippen LogP contribution in [0, 0.1) is 0 Å². The van der Waals surface area contributed by atoms with E-state index in [4.69, 9.17) is 0 Å². The number of rotatable bonds is 5. The summed E-state index contributed by atoms with van der Waals surface area (Å²) >= 11 is 0. The average molecular weight is 208 g/mol. The third kappa shape index (κ3) is 4.40. The van der Waals surface area contributed by atoms with Gasteiger partial charge in [-0.3, -0.25) is 9.88 Å². The van der Waals surface area contributed by atoms with Crippen LogP contribution in [-0.2, 0) is 6.54 Å². The quantitative estimate of drug-likeness (QED) is 0.799. The Labute approximate surface area is 91.8 Å². The molecule has 15 heavy (non-hydrogen) atoms. The normalized spacial score (nSPS) is 15.3. The van der Waals surface area contributed by atoms with E-state index in [0.29, 0.717) is 6.54 Å². The molecule has 0 saturated heterocycles. The molecule has 1 aromatic rings. The van der Waals surface area contributed by atoms with Gasteiger partial charge < -0.3 is 5.11 Å². The van der Waals surface area contributed by atoms with Gasteiger partial charge in [0.15, 0.2) is 0 Å². The zero-order valence-corrected chi connectivity index (χ0v) is 9.77. The molecule has 1 unspecified atom stereocenters. The minimum absolute atomic E-state index is 0.600. The second kappa shape index (κ2) is 5.24. The number of nitrogens with zero attached hydrogens (tertiary/aromatic N) is 2. The number of likely N-dealkylation sites (N-methyl/N-ethyl adjacent to an activating group) is 1. The van der Waals surface area contributed by atoms with Gasteiger partial charge in [-0.1, -0.05) is 13.0 Å². The average Bonchev–Trinajstić information content (AvgIpc) is 2.18. The van der Waals surface area contributed by atoms with Crippen LogP contribution in [0.1, 0.15) is 25.8 Å². The maximum atomic E-state index is 9.91. The molecule has 1 atom stereocenters. The van der Waals surface area contributed by atoms with Crippen molar-refractivity contribution >= 4 is 0 Å². The van der Waals surface area contributed by atoms with Gasteiger partial charge in [-0.15, -0.1) is 0 Å². The molecule has 0 spiro atoms. The molecule has 1 rings (SSSR count). The molecule has 0 bridgehead atoms. The Morgan fingerprint density at radius 1 is 1.53 bits per heavy atom. The minimum atomic E-state index is -0.600. The molecular weight excluding hydrogens is 188 g/mol. The van der Waals surface area contributed by atoms with Crippen LogP contribution in [0.5, 0.6) is 0 Å². The maximum Gasteiger partial charge on any atom is 0.0743 e. The van der Waals surface area contributed by atoms with E-state index in [1.165, 1.54) is 5.56 Å². The molecule has 1 heterocycles. The van der Waals surface area contributed by atoms with E-state index in [1.807, 2.05) is 39.2 Å². The second-order valence-corrected chi connectivity index (χ2v) is 4.38. The minimum Gasteiger partial charge on any atom is -0.389 e. The molecule has 0 aliphatic heterocycles. The first-order valence-corrected chi connectivity index (χ1v) is 5.33. The largest absolute Gasteiger partial charge is 0.389 e. The number of aliphatic hydroxyl groups is 1. The fraction of sp³-hybridized carbons (Fsp3) is 0.583. The van der Waals surface area contributed by atoms with E-state index in [2.05, 4.69) is 9.88 Å². The topological polar surface area (TPSA) is 36.4 Å². The molecule has 0 aliphatic carbocycles. The highest BCUT2D eigenvalue weighted by atomic mass is 16.3. The smallest absolute Gasteiger partial charge is 0.0743 e. The third-order valence-corrected chi connectivity index (χ3v) is 2.55. The van der Waals surface area contributed by atoms with Gasteiger partial charge in [-0.25, -0.2) is 0 Å². The van der Waals surface area contributed by atoms with Crippen molar-refractivity contribution in [3.63, 3.8) is 0 Å². The van der Waals surface area contributed by atoms with Gasteiger partial charge in [0.1, 0.15) is 0 Å². The first-order valence-electron chi connectivity index (χ1n) is 5.33. The standard InChI is InChI=1S/C12H20N2O/c1-4-12(2,15)10-14(3)9-11-6-5-7-13-8-11/h5-8,15H,4,9-10H2,1-3H3. The van der Waals surface area contributed by atoms with Crippen LogP contribution in [0.2, 0.25) is 0 Å². The SMILES string of the molecule is CCC(C)(O)CN(C)Cc1cccnc1. The van der Waals surface area contributed by atoms with Crippen LogP contribution < -0.4 is 0 Å². The van der Waals surface area contributed by atoms with Crippen LogP contribution in [0.25, 0.3) is 0 Å². The van der Waals surface area contributed by atoms with Gasteiger partial charge in [0.25, 0.3) is 0 Å². The summed E-state index contributed by atoms with van der Waals surface area (Å²) in [4.78, 5) is 6.18. The summed E-state index contributed by atoms with van der Waals surface area (Å²) in [5.74, 6) is 0. The highest BCUT2D eigenvalue weighted by Crippen LogP contribution is 2.11. The Morgan fingerprint density at radius 3 is 2.80 bits per heavy atom. The molecule has 3 nitrogen and oxygen atoms in total. The van der Waals surface area contributed by atoms with Crippen molar-refractivity contribution in [1.29, 1.82) is 0 Å². The predicted molar refractivity (Wildman–Crippen MR) is 61.5 cm³/mol. The molecular formula is C12H20N2O. The van der Waals surface area contributed by atoms with Crippen LogP contribution in [0.3, 0.4) is 0 Å². The predicted octanol–water partition coefficient (Wildman–Crippen LogP) is 1.67. The van der Waals surface area contributed by atoms with Crippen molar-refractivity contribution in [2.75, 3.05) is 13.6 Å². The number of aromatic nitrogens is 1. The van der Waals surface area contributed by atoms with Gasteiger partial charge in [-0.05, 0) is 32.0 Å². The highest BCUT2D eigenvalue weighted by Gasteiger charge is 2.19. The van der Waals surface area contributed by atoms with Gasteiger partial charge in [0, 0.05) is 25.5 Å². The zero-order chi connectivity index (χ0) is 11.3. The van der Waals surface area contributed by atoms with E-state index in [0.717, 1.165) is 13.0 Å². The van der Waals surface area contributed by atoms with Crippen molar-refractivity contribution in [1.82, 2.24) is 9.88 Å². The third-order valence-electron chi connectivity index (χ3n) is 2.55. The second-order valence-electron chi connectivity index (χ2n) is 4.38. The maximum absolute atomic E-state index is 9.91. The van der Waals surface area contributed by atoms with E-state index in [1.54, 1.807) is 6.20 Å². The molecule has 0 aliphatic rings. The lowest BCUT2D eigenvalue weighted by Gasteiger charge is -2.27. The van der Waals surface area contributed by atoms with Gasteiger partial charge >= 0.3 is 0 Å². The van der Waals surface area contributed by atoms with Crippen molar-refractivity contribution < 1.29 is 5.11 Å². The van der Waals surface area contributed by atoms with E-state index in [9.17, 15) is 5.11 Å². The Balaban J connectivity index is 2.46. The Bertz CT molecular complexity index is 285. The lowest BCUT2D eigenvalue weighted by atomic mass is 10.0. The lowest BCUT2D eigenvalue weighted by molar-refractivity contribution is 0.0217. The molecule has 1 N–H and O–H groups in total. The summed E-state index contributed by atoms with van der Waals surface area (Å²) in [6.45, 7) is 5.37. The van der Waals surface area contributed by atoms with Crippen LogP contribution >= 0.6 is 0 Å². The van der Waals surface area contributed by atoms with Crippen molar-refractivity contribution in [3.05, 3.63) is 30.1 Å². The monoisotopic (exact) mass is 208 g/mol. The van der Waals surface area contributed by atoms with E-state index >= 15 is 0 Å². The fourth-order valence-electron chi connectivity index (χ4n) is 1.55. The van der Waals surface area contributed by atoms with Crippen LogP contribution in [0.4, 0.5) is 0 Å². The van der Waals surface area contributed by atoms with Crippen molar-refractivity contribution in [2.24, 2.45) is 0 Å². The number of pyridine rings is 1. The van der Waals surface area contributed by atoms with Gasteiger partial charge in [0.2, 0.25) is 0 Å². The van der Waals surface area contributed by atoms with E-state index < -0.39 is 5.60 Å². The Kier molecular flexibility index (Phi) is 4.24. The summed E-state index contributed by atoms with van der Waals surface area (Å²) in [6.07, 6.45) is 4.40. The summed E-state index contributed by atoms with van der Waals surface area (Å²) in [5.41, 5.74) is 0.573. The first kappa shape index (κ1) is 12.1. The Hall–Kier alpha value is -0.930. The zero-order valence-electron chi connectivity index (χ0n) is 9.77. The molecule has 0 aromatic carbocycles. The van der Waals surface area contributed by atoms with Crippen molar-refractivity contribution in [3.8, 4) is 0 Å². The molecule has 1 aromatic heterocycles. The molecule has 0 fully saturated rings. The molecule has 0 saturated carbocycles. The fourth-order valence-corrected chi connectivity index (χ4v) is 1.55. The molecule has 3 heteroatoms. The summed E-state index contributed by atoms with van der Waals surface area (Å²) in [6, 6.07) is 3.98. The molecule has 84 valence electrons. The Morgan fingerprint density at radius 2 is 2.27 bits per heavy atom. The summed E-state index contributed by atoms with van der Waals surface area (Å²) in [5, 5.41) is 9.91. The van der Waals surface area contributed by atoms with Crippen LogP contribution in [-0.4, -0.2) is 34.2 Å².